The van der Waals surface area contributed by atoms with Crippen LogP contribution in [0, 0.1) is 6.92 Å². The Balaban J connectivity index is 2.25. The van der Waals surface area contributed by atoms with E-state index in [0.717, 1.165) is 5.56 Å². The third-order valence-electron chi connectivity index (χ3n) is 4.45. The van der Waals surface area contributed by atoms with Gasteiger partial charge in [0, 0.05) is 28.9 Å². The summed E-state index contributed by atoms with van der Waals surface area (Å²) in [4.78, 5) is 38.3. The fraction of sp³-hybridized carbons (Fsp3) is 0.381. The van der Waals surface area contributed by atoms with E-state index in [1.54, 1.807) is 0 Å². The molecule has 1 heterocycles. The molecule has 0 atom stereocenters. The second kappa shape index (κ2) is 6.56. The highest BCUT2D eigenvalue weighted by Gasteiger charge is 2.27. The molecule has 0 fully saturated rings. The lowest BCUT2D eigenvalue weighted by Crippen LogP contribution is -2.44. The fourth-order valence-electron chi connectivity index (χ4n) is 3.23. The molecule has 0 spiro atoms. The molecule has 5 heteroatoms. The average Bonchev–Trinajstić information content (AvgIpc) is 2.54. The summed E-state index contributed by atoms with van der Waals surface area (Å²) in [5, 5.41) is 2.82. The molecule has 0 aliphatic heterocycles. The Morgan fingerprint density at radius 3 is 2.35 bits per heavy atom. The van der Waals surface area contributed by atoms with E-state index < -0.39 is 11.4 Å². The number of pyridine rings is 1. The van der Waals surface area contributed by atoms with E-state index in [2.05, 4.69) is 5.32 Å². The van der Waals surface area contributed by atoms with Gasteiger partial charge in [0.2, 0.25) is 0 Å². The second-order valence-corrected chi connectivity index (χ2v) is 7.88. The van der Waals surface area contributed by atoms with E-state index in [1.165, 1.54) is 10.6 Å². The zero-order chi connectivity index (χ0) is 19.1. The maximum atomic E-state index is 13.2. The van der Waals surface area contributed by atoms with Gasteiger partial charge >= 0.3 is 0 Å². The highest BCUT2D eigenvalue weighted by molar-refractivity contribution is 6.02. The summed E-state index contributed by atoms with van der Waals surface area (Å²) in [6.07, 6.45) is 1.80. The molecule has 0 bridgehead atoms. The quantitative estimate of drug-likeness (QED) is 0.902. The highest BCUT2D eigenvalue weighted by Crippen LogP contribution is 2.24. The third kappa shape index (κ3) is 3.47. The van der Waals surface area contributed by atoms with E-state index in [0.29, 0.717) is 36.2 Å². The van der Waals surface area contributed by atoms with Gasteiger partial charge < -0.3 is 5.32 Å². The van der Waals surface area contributed by atoms with Crippen LogP contribution in [0.2, 0.25) is 0 Å². The van der Waals surface area contributed by atoms with Gasteiger partial charge in [0.1, 0.15) is 5.56 Å². The van der Waals surface area contributed by atoms with Crippen molar-refractivity contribution in [2.75, 3.05) is 0 Å². The lowest BCUT2D eigenvalue weighted by atomic mass is 9.92. The molecule has 1 amide bonds. The standard InChI is InChI=1S/C21H24N2O3/c1-13-8-10-14(11-9-13)23-17-6-5-7-18(24)15(17)12-16(20(23)26)19(25)22-21(2,3)4/h8-12H,5-7H2,1-4H3,(H,22,25). The number of aryl methyl sites for hydroxylation is 1. The first-order valence-corrected chi connectivity index (χ1v) is 8.89. The van der Waals surface area contributed by atoms with E-state index in [9.17, 15) is 14.4 Å². The molecule has 0 radical (unpaired) electrons. The Hall–Kier alpha value is -2.69. The minimum absolute atomic E-state index is 0.00880. The molecular formula is C21H24N2O3. The number of aromatic nitrogens is 1. The van der Waals surface area contributed by atoms with Crippen LogP contribution in [0.1, 0.15) is 65.6 Å². The van der Waals surface area contributed by atoms with E-state index in [-0.39, 0.29) is 16.9 Å². The largest absolute Gasteiger partial charge is 0.347 e. The van der Waals surface area contributed by atoms with Crippen molar-refractivity contribution in [3.8, 4) is 5.69 Å². The minimum Gasteiger partial charge on any atom is -0.347 e. The van der Waals surface area contributed by atoms with Gasteiger partial charge in [-0.25, -0.2) is 0 Å². The number of carbonyl (C=O) groups is 2. The maximum Gasteiger partial charge on any atom is 0.268 e. The molecule has 5 nitrogen and oxygen atoms in total. The Bertz CT molecular complexity index is 931. The molecule has 1 aliphatic rings. The van der Waals surface area contributed by atoms with Crippen molar-refractivity contribution < 1.29 is 9.59 Å². The van der Waals surface area contributed by atoms with Gasteiger partial charge in [-0.15, -0.1) is 0 Å². The lowest BCUT2D eigenvalue weighted by molar-refractivity contribution is 0.0917. The van der Waals surface area contributed by atoms with Crippen molar-refractivity contribution in [1.29, 1.82) is 0 Å². The zero-order valence-electron chi connectivity index (χ0n) is 15.7. The number of fused-ring (bicyclic) bond motifs is 1. The van der Waals surface area contributed by atoms with Gasteiger partial charge in [-0.1, -0.05) is 17.7 Å². The summed E-state index contributed by atoms with van der Waals surface area (Å²) < 4.78 is 1.53. The molecule has 0 unspecified atom stereocenters. The first-order valence-electron chi connectivity index (χ1n) is 8.89. The molecule has 1 aromatic heterocycles. The number of carbonyl (C=O) groups excluding carboxylic acids is 2. The smallest absolute Gasteiger partial charge is 0.268 e. The average molecular weight is 352 g/mol. The molecule has 2 aromatic rings. The van der Waals surface area contributed by atoms with Crippen LogP contribution in [0.3, 0.4) is 0 Å². The van der Waals surface area contributed by atoms with Gasteiger partial charge in [-0.2, -0.15) is 0 Å². The van der Waals surface area contributed by atoms with Crippen LogP contribution in [0.4, 0.5) is 0 Å². The van der Waals surface area contributed by atoms with Gasteiger partial charge in [0.15, 0.2) is 5.78 Å². The first-order chi connectivity index (χ1) is 12.2. The van der Waals surface area contributed by atoms with Crippen LogP contribution in [-0.4, -0.2) is 21.8 Å². The van der Waals surface area contributed by atoms with Gasteiger partial charge in [-0.3, -0.25) is 19.0 Å². The molecule has 0 saturated carbocycles. The third-order valence-corrected chi connectivity index (χ3v) is 4.45. The van der Waals surface area contributed by atoms with E-state index in [4.69, 9.17) is 0 Å². The number of hydrogen-bond acceptors (Lipinski definition) is 3. The Morgan fingerprint density at radius 1 is 1.08 bits per heavy atom. The lowest BCUT2D eigenvalue weighted by Gasteiger charge is -2.24. The second-order valence-electron chi connectivity index (χ2n) is 7.88. The van der Waals surface area contributed by atoms with Crippen LogP contribution >= 0.6 is 0 Å². The number of benzene rings is 1. The SMILES string of the molecule is Cc1ccc(-n2c3c(cc(C(=O)NC(C)(C)C)c2=O)C(=O)CCC3)cc1. The maximum absolute atomic E-state index is 13.2. The molecule has 1 aromatic carbocycles. The monoisotopic (exact) mass is 352 g/mol. The summed E-state index contributed by atoms with van der Waals surface area (Å²) in [6, 6.07) is 9.01. The number of hydrogen-bond donors (Lipinski definition) is 1. The summed E-state index contributed by atoms with van der Waals surface area (Å²) in [5.41, 5.74) is 2.08. The molecule has 3 rings (SSSR count). The van der Waals surface area contributed by atoms with Crippen molar-refractivity contribution in [3.63, 3.8) is 0 Å². The van der Waals surface area contributed by atoms with Crippen molar-refractivity contribution in [2.45, 2.75) is 52.5 Å². The van der Waals surface area contributed by atoms with Gasteiger partial charge in [0.05, 0.1) is 0 Å². The summed E-state index contributed by atoms with van der Waals surface area (Å²) in [6.45, 7) is 7.53. The Kier molecular flexibility index (Phi) is 4.57. The predicted octanol–water partition coefficient (Wildman–Crippen LogP) is 3.19. The van der Waals surface area contributed by atoms with Crippen molar-refractivity contribution in [2.24, 2.45) is 0 Å². The molecule has 136 valence electrons. The van der Waals surface area contributed by atoms with Crippen LogP contribution in [0.25, 0.3) is 5.69 Å². The van der Waals surface area contributed by atoms with Gasteiger partial charge in [-0.05, 0) is 58.7 Å². The normalized spacial score (nSPS) is 14.1. The van der Waals surface area contributed by atoms with Crippen LogP contribution < -0.4 is 10.9 Å². The first kappa shape index (κ1) is 18.1. The Labute approximate surface area is 153 Å². The number of amides is 1. The minimum atomic E-state index is -0.474. The fourth-order valence-corrected chi connectivity index (χ4v) is 3.23. The summed E-state index contributed by atoms with van der Waals surface area (Å²) >= 11 is 0. The number of rotatable bonds is 2. The molecular weight excluding hydrogens is 328 g/mol. The molecule has 1 aliphatic carbocycles. The van der Waals surface area contributed by atoms with Crippen molar-refractivity contribution in [3.05, 3.63) is 63.1 Å². The number of Topliss-reactive ketones (excluding diaryl/α,β-unsaturated/α-hetero) is 1. The summed E-state index contributed by atoms with van der Waals surface area (Å²) in [7, 11) is 0. The Morgan fingerprint density at radius 2 is 1.73 bits per heavy atom. The number of nitrogens with one attached hydrogen (secondary N) is 1. The summed E-state index contributed by atoms with van der Waals surface area (Å²) in [5.74, 6) is -0.471. The zero-order valence-corrected chi connectivity index (χ0v) is 15.7. The van der Waals surface area contributed by atoms with Crippen molar-refractivity contribution in [1.82, 2.24) is 9.88 Å². The van der Waals surface area contributed by atoms with Crippen LogP contribution in [-0.2, 0) is 6.42 Å². The van der Waals surface area contributed by atoms with Crippen LogP contribution in [0.5, 0.6) is 0 Å². The molecule has 26 heavy (non-hydrogen) atoms. The molecule has 1 N–H and O–H groups in total. The highest BCUT2D eigenvalue weighted by atomic mass is 16.2. The topological polar surface area (TPSA) is 68.2 Å². The molecule has 0 saturated heterocycles. The van der Waals surface area contributed by atoms with E-state index >= 15 is 0 Å². The van der Waals surface area contributed by atoms with Crippen LogP contribution in [0.15, 0.2) is 35.1 Å². The number of nitrogens with zero attached hydrogens (tertiary/aromatic N) is 1. The number of ketones is 1. The van der Waals surface area contributed by atoms with Crippen molar-refractivity contribution >= 4 is 11.7 Å². The van der Waals surface area contributed by atoms with Gasteiger partial charge in [0.25, 0.3) is 11.5 Å². The van der Waals surface area contributed by atoms with E-state index in [1.807, 2.05) is 52.0 Å². The predicted molar refractivity (Wildman–Crippen MR) is 101 cm³/mol.